The van der Waals surface area contributed by atoms with Crippen LogP contribution in [0.3, 0.4) is 0 Å². The molecule has 0 unspecified atom stereocenters. The van der Waals surface area contributed by atoms with Crippen molar-refractivity contribution in [2.75, 3.05) is 0 Å². The fourth-order valence-electron chi connectivity index (χ4n) is 5.16. The molecule has 12 heteroatoms. The number of hydrogen-bond acceptors (Lipinski definition) is 7. The van der Waals surface area contributed by atoms with Crippen molar-refractivity contribution in [1.29, 1.82) is 0 Å². The summed E-state index contributed by atoms with van der Waals surface area (Å²) < 4.78 is 34.5. The zero-order chi connectivity index (χ0) is 31.0. The molecule has 0 fully saturated rings. The van der Waals surface area contributed by atoms with Gasteiger partial charge in [-0.25, -0.2) is 22.9 Å². The number of benzene rings is 4. The maximum atomic E-state index is 13.2. The van der Waals surface area contributed by atoms with Crippen LogP contribution in [-0.2, 0) is 23.0 Å². The summed E-state index contributed by atoms with van der Waals surface area (Å²) in [4.78, 5) is 32.1. The van der Waals surface area contributed by atoms with Crippen molar-refractivity contribution < 1.29 is 17.7 Å². The van der Waals surface area contributed by atoms with Crippen molar-refractivity contribution in [1.82, 2.24) is 24.4 Å². The Morgan fingerprint density at radius 1 is 1.00 bits per heavy atom. The third-order valence-corrected chi connectivity index (χ3v) is 9.00. The van der Waals surface area contributed by atoms with Gasteiger partial charge in [-0.2, -0.15) is 0 Å². The highest BCUT2D eigenvalue weighted by Gasteiger charge is 2.21. The second kappa shape index (κ2) is 11.6. The van der Waals surface area contributed by atoms with E-state index in [1.165, 1.54) is 12.1 Å². The Morgan fingerprint density at radius 2 is 1.73 bits per heavy atom. The number of hydrogen-bond donors (Lipinski definition) is 2. The van der Waals surface area contributed by atoms with Crippen LogP contribution in [0.1, 0.15) is 34.2 Å². The average molecular weight is 628 g/mol. The number of halogens is 1. The fraction of sp³-hybridized carbons (Fsp3) is 0.125. The number of aryl methyl sites for hydroxylation is 2. The van der Waals surface area contributed by atoms with E-state index >= 15 is 0 Å². The number of nitrogens with one attached hydrogen (secondary N) is 2. The Hall–Kier alpha value is -5.00. The van der Waals surface area contributed by atoms with Crippen LogP contribution in [0.15, 0.2) is 99.1 Å². The number of fused-ring (bicyclic) bond motifs is 1. The zero-order valence-corrected chi connectivity index (χ0v) is 25.2. The Kier molecular flexibility index (Phi) is 7.66. The summed E-state index contributed by atoms with van der Waals surface area (Å²) in [5, 5.41) is 4.33. The molecule has 2 heterocycles. The smallest absolute Gasteiger partial charge is 0.323 e. The molecule has 2 N–H and O–H groups in total. The van der Waals surface area contributed by atoms with Gasteiger partial charge in [-0.05, 0) is 59.5 Å². The highest BCUT2D eigenvalue weighted by molar-refractivity contribution is 7.90. The molecule has 44 heavy (non-hydrogen) atoms. The molecule has 0 saturated heterocycles. The van der Waals surface area contributed by atoms with Gasteiger partial charge in [0.05, 0.1) is 22.5 Å². The molecular formula is C32H26ClN5O5S. The number of amides is 1. The van der Waals surface area contributed by atoms with E-state index in [4.69, 9.17) is 21.1 Å². The van der Waals surface area contributed by atoms with E-state index in [2.05, 4.69) is 14.9 Å². The van der Waals surface area contributed by atoms with Gasteiger partial charge in [0.25, 0.3) is 15.9 Å². The molecule has 0 saturated carbocycles. The van der Waals surface area contributed by atoms with Gasteiger partial charge in [-0.1, -0.05) is 78.3 Å². The van der Waals surface area contributed by atoms with E-state index in [1.54, 1.807) is 30.3 Å². The summed E-state index contributed by atoms with van der Waals surface area (Å²) in [5.74, 6) is -0.275. The Morgan fingerprint density at radius 3 is 2.41 bits per heavy atom. The molecule has 4 aromatic carbocycles. The largest absolute Gasteiger partial charge is 0.439 e. The molecule has 6 aromatic rings. The lowest BCUT2D eigenvalue weighted by Crippen LogP contribution is -2.30. The maximum absolute atomic E-state index is 13.2. The van der Waals surface area contributed by atoms with E-state index < -0.39 is 21.7 Å². The number of aromatic amines is 1. The van der Waals surface area contributed by atoms with E-state index in [-0.39, 0.29) is 10.5 Å². The molecule has 1 amide bonds. The molecule has 0 aliphatic rings. The van der Waals surface area contributed by atoms with Gasteiger partial charge >= 0.3 is 5.76 Å². The predicted molar refractivity (Wildman–Crippen MR) is 167 cm³/mol. The fourth-order valence-corrected chi connectivity index (χ4v) is 6.39. The van der Waals surface area contributed by atoms with Crippen LogP contribution in [0, 0.1) is 6.92 Å². The van der Waals surface area contributed by atoms with E-state index in [0.717, 1.165) is 28.1 Å². The van der Waals surface area contributed by atoms with E-state index in [9.17, 15) is 18.0 Å². The molecule has 6 rings (SSSR count). The second-order valence-corrected chi connectivity index (χ2v) is 12.3. The number of sulfonamides is 1. The van der Waals surface area contributed by atoms with Crippen LogP contribution >= 0.6 is 11.6 Å². The highest BCUT2D eigenvalue weighted by Crippen LogP contribution is 2.33. The summed E-state index contributed by atoms with van der Waals surface area (Å²) >= 11 is 6.83. The number of imidazole rings is 1. The van der Waals surface area contributed by atoms with Crippen molar-refractivity contribution >= 4 is 38.6 Å². The Balaban J connectivity index is 1.35. The van der Waals surface area contributed by atoms with Crippen LogP contribution in [0.2, 0.25) is 5.02 Å². The van der Waals surface area contributed by atoms with Gasteiger partial charge in [0.2, 0.25) is 0 Å². The summed E-state index contributed by atoms with van der Waals surface area (Å²) in [5.41, 5.74) is 5.47. The molecule has 0 atom stereocenters. The number of carbonyl (C=O) groups is 1. The lowest BCUT2D eigenvalue weighted by Gasteiger charge is -2.13. The highest BCUT2D eigenvalue weighted by atomic mass is 35.5. The van der Waals surface area contributed by atoms with Crippen LogP contribution in [-0.4, -0.2) is 34.0 Å². The summed E-state index contributed by atoms with van der Waals surface area (Å²) in [6.07, 6.45) is 0.622. The molecule has 0 bridgehead atoms. The number of aromatic nitrogens is 4. The van der Waals surface area contributed by atoms with Crippen LogP contribution in [0.25, 0.3) is 33.5 Å². The number of carbonyl (C=O) groups excluding carboxylic acids is 1. The minimum atomic E-state index is -4.05. The van der Waals surface area contributed by atoms with Gasteiger partial charge in [0.1, 0.15) is 5.82 Å². The van der Waals surface area contributed by atoms with Gasteiger partial charge < -0.3 is 4.57 Å². The first-order chi connectivity index (χ1) is 21.1. The standard InChI is InChI=1S/C32H26ClN5O5S/c1-3-28-34-29-19(2)15-22(31(39)37-44(41,42)23-9-5-4-6-10-23)17-27(29)38(28)18-21-14-13-20(16-26(21)33)24-11-7-8-12-25(24)30-35-32(40)43-36-30/h4-17H,3,18H2,1-2H3,(H,37,39)(H,35,36,40). The second-order valence-electron chi connectivity index (χ2n) is 10.2. The Bertz CT molecular complexity index is 2200. The topological polar surface area (TPSA) is 140 Å². The van der Waals surface area contributed by atoms with Gasteiger partial charge in [-0.15, -0.1) is 0 Å². The predicted octanol–water partition coefficient (Wildman–Crippen LogP) is 5.74. The first-order valence-electron chi connectivity index (χ1n) is 13.7. The average Bonchev–Trinajstić information content (AvgIpc) is 3.61. The van der Waals surface area contributed by atoms with Gasteiger partial charge in [0.15, 0.2) is 5.82 Å². The van der Waals surface area contributed by atoms with Crippen LogP contribution in [0.5, 0.6) is 0 Å². The molecule has 0 spiro atoms. The maximum Gasteiger partial charge on any atom is 0.439 e. The van der Waals surface area contributed by atoms with Gasteiger partial charge in [0, 0.05) is 22.6 Å². The zero-order valence-electron chi connectivity index (χ0n) is 23.7. The normalized spacial score (nSPS) is 11.6. The molecule has 10 nitrogen and oxygen atoms in total. The number of H-pyrrole nitrogens is 1. The lowest BCUT2D eigenvalue weighted by atomic mass is 9.98. The van der Waals surface area contributed by atoms with Crippen molar-refractivity contribution in [3.8, 4) is 22.5 Å². The molecule has 0 radical (unpaired) electrons. The lowest BCUT2D eigenvalue weighted by molar-refractivity contribution is 0.0981. The summed E-state index contributed by atoms with van der Waals surface area (Å²) in [6, 6.07) is 24.2. The molecule has 0 aliphatic heterocycles. The molecule has 2 aromatic heterocycles. The number of rotatable bonds is 8. The van der Waals surface area contributed by atoms with Crippen molar-refractivity contribution in [2.24, 2.45) is 0 Å². The molecule has 222 valence electrons. The quantitative estimate of drug-likeness (QED) is 0.219. The first kappa shape index (κ1) is 29.1. The van der Waals surface area contributed by atoms with E-state index in [0.29, 0.717) is 40.4 Å². The number of nitrogens with zero attached hydrogens (tertiary/aromatic N) is 3. The third-order valence-electron chi connectivity index (χ3n) is 7.30. The molecular weight excluding hydrogens is 602 g/mol. The monoisotopic (exact) mass is 627 g/mol. The SMILES string of the molecule is CCc1nc2c(C)cc(C(=O)NS(=O)(=O)c3ccccc3)cc2n1Cc1ccc(-c2ccccc2-c2noc(=O)[nH]2)cc1Cl. The third kappa shape index (κ3) is 5.54. The van der Waals surface area contributed by atoms with Gasteiger partial charge in [-0.3, -0.25) is 14.3 Å². The summed E-state index contributed by atoms with van der Waals surface area (Å²) in [7, 11) is -4.05. The van der Waals surface area contributed by atoms with Crippen molar-refractivity contribution in [2.45, 2.75) is 31.7 Å². The molecule has 0 aliphatic carbocycles. The minimum absolute atomic E-state index is 0.000473. The first-order valence-corrected chi connectivity index (χ1v) is 15.6. The Labute approximate surface area is 257 Å². The van der Waals surface area contributed by atoms with Crippen molar-refractivity contribution in [3.63, 3.8) is 0 Å². The summed E-state index contributed by atoms with van der Waals surface area (Å²) in [6.45, 7) is 4.19. The van der Waals surface area contributed by atoms with Crippen molar-refractivity contribution in [3.05, 3.63) is 123 Å². The minimum Gasteiger partial charge on any atom is -0.323 e. The van der Waals surface area contributed by atoms with Crippen LogP contribution < -0.4 is 10.5 Å². The van der Waals surface area contributed by atoms with E-state index in [1.807, 2.05) is 60.9 Å². The van der Waals surface area contributed by atoms with Crippen LogP contribution in [0.4, 0.5) is 0 Å².